The van der Waals surface area contributed by atoms with Gasteiger partial charge in [0.05, 0.1) is 12.2 Å². The summed E-state index contributed by atoms with van der Waals surface area (Å²) in [6.07, 6.45) is 0. The number of carboxylic acids is 1. The molecular formula is C13H19N3O4. The zero-order valence-corrected chi connectivity index (χ0v) is 11.8. The molecule has 20 heavy (non-hydrogen) atoms. The first-order chi connectivity index (χ1) is 9.36. The topological polar surface area (TPSA) is 106 Å². The molecule has 0 unspecified atom stereocenters. The van der Waals surface area contributed by atoms with Crippen LogP contribution in [0.5, 0.6) is 0 Å². The zero-order valence-electron chi connectivity index (χ0n) is 11.8. The molecule has 0 aromatic carbocycles. The third kappa shape index (κ3) is 3.92. The van der Waals surface area contributed by atoms with Gasteiger partial charge in [-0.05, 0) is 25.5 Å². The lowest BCUT2D eigenvalue weighted by Gasteiger charge is -2.24. The molecule has 110 valence electrons. The largest absolute Gasteiger partial charge is 0.480 e. The second kappa shape index (κ2) is 6.85. The Labute approximate surface area is 117 Å². The smallest absolute Gasteiger partial charge is 0.323 e. The number of aliphatic carboxylic acids is 1. The first-order valence-corrected chi connectivity index (χ1v) is 6.10. The maximum absolute atomic E-state index is 11.6. The lowest BCUT2D eigenvalue weighted by Crippen LogP contribution is -2.35. The van der Waals surface area contributed by atoms with Crippen molar-refractivity contribution in [1.82, 2.24) is 4.98 Å². The van der Waals surface area contributed by atoms with Gasteiger partial charge < -0.3 is 20.5 Å². The number of nitrogens with two attached hydrogens (primary N) is 1. The number of carboxylic acid groups (broad SMARTS) is 1. The van der Waals surface area contributed by atoms with Crippen LogP contribution in [-0.2, 0) is 9.53 Å². The summed E-state index contributed by atoms with van der Waals surface area (Å²) in [5.74, 6) is -1.36. The number of anilines is 1. The number of methoxy groups -OCH3 is 1. The van der Waals surface area contributed by atoms with Crippen molar-refractivity contribution in [2.75, 3.05) is 31.7 Å². The standard InChI is InChI=1S/C13H19N3O4/c1-8-6-9(2)15-13(11(8)12(14)19)16(4-5-20-3)7-10(17)18/h6H,4-5,7H2,1-3H3,(H2,14,19)(H,17,18). The molecule has 0 radical (unpaired) electrons. The Kier molecular flexibility index (Phi) is 5.45. The van der Waals surface area contributed by atoms with Crippen LogP contribution in [0.3, 0.4) is 0 Å². The maximum atomic E-state index is 11.6. The van der Waals surface area contributed by atoms with Gasteiger partial charge in [0, 0.05) is 19.3 Å². The third-order valence-electron chi connectivity index (χ3n) is 2.76. The van der Waals surface area contributed by atoms with Gasteiger partial charge in [0.25, 0.3) is 5.91 Å². The molecule has 1 rings (SSSR count). The molecule has 1 amide bonds. The zero-order chi connectivity index (χ0) is 15.3. The number of hydrogen-bond acceptors (Lipinski definition) is 5. The summed E-state index contributed by atoms with van der Waals surface area (Å²) in [5, 5.41) is 8.99. The molecule has 0 spiro atoms. The third-order valence-corrected chi connectivity index (χ3v) is 2.76. The van der Waals surface area contributed by atoms with Crippen LogP contribution in [0.2, 0.25) is 0 Å². The molecule has 3 N–H and O–H groups in total. The van der Waals surface area contributed by atoms with Gasteiger partial charge >= 0.3 is 5.97 Å². The number of ether oxygens (including phenoxy) is 1. The summed E-state index contributed by atoms with van der Waals surface area (Å²) in [4.78, 5) is 28.3. The van der Waals surface area contributed by atoms with Crippen molar-refractivity contribution < 1.29 is 19.4 Å². The fourth-order valence-corrected chi connectivity index (χ4v) is 1.98. The van der Waals surface area contributed by atoms with Crippen LogP contribution in [0.1, 0.15) is 21.6 Å². The van der Waals surface area contributed by atoms with E-state index in [1.807, 2.05) is 0 Å². The molecule has 0 aliphatic rings. The van der Waals surface area contributed by atoms with E-state index in [4.69, 9.17) is 15.6 Å². The quantitative estimate of drug-likeness (QED) is 0.746. The number of pyridine rings is 1. The molecule has 0 fully saturated rings. The summed E-state index contributed by atoms with van der Waals surface area (Å²) in [6.45, 7) is 3.86. The fourth-order valence-electron chi connectivity index (χ4n) is 1.98. The molecule has 0 bridgehead atoms. The summed E-state index contributed by atoms with van der Waals surface area (Å²) in [7, 11) is 1.52. The van der Waals surface area contributed by atoms with E-state index in [-0.39, 0.29) is 17.9 Å². The molecule has 1 aromatic heterocycles. The number of aryl methyl sites for hydroxylation is 2. The van der Waals surface area contributed by atoms with Gasteiger partial charge in [-0.25, -0.2) is 4.98 Å². The molecule has 0 saturated heterocycles. The second-order valence-electron chi connectivity index (χ2n) is 4.45. The Morgan fingerprint density at radius 3 is 2.60 bits per heavy atom. The number of carbonyl (C=O) groups excluding carboxylic acids is 1. The van der Waals surface area contributed by atoms with Gasteiger partial charge in [-0.3, -0.25) is 9.59 Å². The van der Waals surface area contributed by atoms with Crippen LogP contribution >= 0.6 is 0 Å². The minimum absolute atomic E-state index is 0.243. The van der Waals surface area contributed by atoms with Gasteiger partial charge in [0.2, 0.25) is 0 Å². The Morgan fingerprint density at radius 1 is 1.45 bits per heavy atom. The SMILES string of the molecule is COCCN(CC(=O)O)c1nc(C)cc(C)c1C(N)=O. The van der Waals surface area contributed by atoms with Gasteiger partial charge in [-0.2, -0.15) is 0 Å². The summed E-state index contributed by atoms with van der Waals surface area (Å²) < 4.78 is 4.96. The summed E-state index contributed by atoms with van der Waals surface area (Å²) >= 11 is 0. The van der Waals surface area contributed by atoms with E-state index in [1.54, 1.807) is 19.9 Å². The lowest BCUT2D eigenvalue weighted by molar-refractivity contribution is -0.135. The molecule has 7 heteroatoms. The molecule has 1 heterocycles. The highest BCUT2D eigenvalue weighted by molar-refractivity contribution is 5.99. The van der Waals surface area contributed by atoms with Crippen molar-refractivity contribution >= 4 is 17.7 Å². The van der Waals surface area contributed by atoms with Gasteiger partial charge in [-0.15, -0.1) is 0 Å². The van der Waals surface area contributed by atoms with E-state index in [2.05, 4.69) is 4.98 Å². The van der Waals surface area contributed by atoms with Crippen molar-refractivity contribution in [3.63, 3.8) is 0 Å². The van der Waals surface area contributed by atoms with E-state index in [0.29, 0.717) is 24.4 Å². The minimum Gasteiger partial charge on any atom is -0.480 e. The van der Waals surface area contributed by atoms with Crippen molar-refractivity contribution in [2.24, 2.45) is 5.73 Å². The number of primary amides is 1. The number of carbonyl (C=O) groups is 2. The van der Waals surface area contributed by atoms with Crippen LogP contribution in [0.25, 0.3) is 0 Å². The van der Waals surface area contributed by atoms with Crippen molar-refractivity contribution in [3.8, 4) is 0 Å². The van der Waals surface area contributed by atoms with E-state index >= 15 is 0 Å². The van der Waals surface area contributed by atoms with Gasteiger partial charge in [-0.1, -0.05) is 0 Å². The number of nitrogens with zero attached hydrogens (tertiary/aromatic N) is 2. The summed E-state index contributed by atoms with van der Waals surface area (Å²) in [5.41, 5.74) is 6.99. The van der Waals surface area contributed by atoms with E-state index in [1.165, 1.54) is 12.0 Å². The van der Waals surface area contributed by atoms with Crippen molar-refractivity contribution in [1.29, 1.82) is 0 Å². The highest BCUT2D eigenvalue weighted by atomic mass is 16.5. The second-order valence-corrected chi connectivity index (χ2v) is 4.45. The Morgan fingerprint density at radius 2 is 2.10 bits per heavy atom. The summed E-state index contributed by atoms with van der Waals surface area (Å²) in [6, 6.07) is 1.73. The van der Waals surface area contributed by atoms with E-state index in [0.717, 1.165) is 0 Å². The molecule has 0 aliphatic carbocycles. The van der Waals surface area contributed by atoms with Crippen LogP contribution in [0, 0.1) is 13.8 Å². The number of rotatable bonds is 7. The fraction of sp³-hybridized carbons (Fsp3) is 0.462. The first-order valence-electron chi connectivity index (χ1n) is 6.10. The number of aromatic nitrogens is 1. The lowest BCUT2D eigenvalue weighted by atomic mass is 10.1. The van der Waals surface area contributed by atoms with E-state index < -0.39 is 11.9 Å². The predicted octanol–water partition coefficient (Wildman–Crippen LogP) is 0.335. The first kappa shape index (κ1) is 15.9. The molecule has 7 nitrogen and oxygen atoms in total. The Hall–Kier alpha value is -2.15. The van der Waals surface area contributed by atoms with Crippen LogP contribution in [-0.4, -0.2) is 48.8 Å². The Balaban J connectivity index is 3.29. The molecule has 1 aromatic rings. The van der Waals surface area contributed by atoms with Crippen LogP contribution < -0.4 is 10.6 Å². The molecule has 0 saturated carbocycles. The highest BCUT2D eigenvalue weighted by Crippen LogP contribution is 2.22. The highest BCUT2D eigenvalue weighted by Gasteiger charge is 2.21. The Bertz CT molecular complexity index is 517. The predicted molar refractivity (Wildman–Crippen MR) is 74.0 cm³/mol. The van der Waals surface area contributed by atoms with Gasteiger partial charge in [0.1, 0.15) is 12.4 Å². The van der Waals surface area contributed by atoms with Crippen LogP contribution in [0.4, 0.5) is 5.82 Å². The number of amides is 1. The van der Waals surface area contributed by atoms with Crippen molar-refractivity contribution in [3.05, 3.63) is 22.9 Å². The molecular weight excluding hydrogens is 262 g/mol. The van der Waals surface area contributed by atoms with Crippen molar-refractivity contribution in [2.45, 2.75) is 13.8 Å². The average Bonchev–Trinajstić information content (AvgIpc) is 2.32. The number of hydrogen-bond donors (Lipinski definition) is 2. The minimum atomic E-state index is -1.02. The van der Waals surface area contributed by atoms with Gasteiger partial charge in [0.15, 0.2) is 0 Å². The average molecular weight is 281 g/mol. The van der Waals surface area contributed by atoms with E-state index in [9.17, 15) is 9.59 Å². The molecule has 0 atom stereocenters. The van der Waals surface area contributed by atoms with Crippen LogP contribution in [0.15, 0.2) is 6.07 Å². The maximum Gasteiger partial charge on any atom is 0.323 e. The monoisotopic (exact) mass is 281 g/mol. The molecule has 0 aliphatic heterocycles. The normalized spacial score (nSPS) is 10.3.